The van der Waals surface area contributed by atoms with E-state index in [1.807, 2.05) is 13.8 Å². The molecule has 2 N–H and O–H groups in total. The number of amides is 2. The fourth-order valence-corrected chi connectivity index (χ4v) is 2.52. The average molecular weight is 345 g/mol. The first-order valence-corrected chi connectivity index (χ1v) is 8.26. The SMILES string of the molecule is CNC(=O)[C@H](CC(C)C)NC(=O)CCn1nnc2ccccc2c1=O. The lowest BCUT2D eigenvalue weighted by Gasteiger charge is -2.19. The van der Waals surface area contributed by atoms with Crippen LogP contribution in [0.25, 0.3) is 10.9 Å². The number of rotatable bonds is 7. The Kier molecular flexibility index (Phi) is 6.21. The summed E-state index contributed by atoms with van der Waals surface area (Å²) >= 11 is 0. The predicted molar refractivity (Wildman–Crippen MR) is 93.9 cm³/mol. The summed E-state index contributed by atoms with van der Waals surface area (Å²) in [6.45, 7) is 4.06. The number of hydrogen-bond donors (Lipinski definition) is 2. The van der Waals surface area contributed by atoms with Gasteiger partial charge in [-0.25, -0.2) is 4.68 Å². The molecule has 0 aliphatic heterocycles. The van der Waals surface area contributed by atoms with Crippen LogP contribution in [-0.4, -0.2) is 39.9 Å². The lowest BCUT2D eigenvalue weighted by atomic mass is 10.0. The third kappa shape index (κ3) is 4.85. The zero-order chi connectivity index (χ0) is 18.4. The highest BCUT2D eigenvalue weighted by molar-refractivity contribution is 5.87. The fourth-order valence-electron chi connectivity index (χ4n) is 2.52. The summed E-state index contributed by atoms with van der Waals surface area (Å²) in [5.41, 5.74) is 0.230. The molecule has 2 aromatic rings. The van der Waals surface area contributed by atoms with Crippen molar-refractivity contribution in [3.05, 3.63) is 34.6 Å². The Hall–Kier alpha value is -2.77. The van der Waals surface area contributed by atoms with Crippen LogP contribution in [0.1, 0.15) is 26.7 Å². The summed E-state index contributed by atoms with van der Waals surface area (Å²) in [5, 5.41) is 13.5. The molecule has 134 valence electrons. The van der Waals surface area contributed by atoms with Crippen LogP contribution in [0.4, 0.5) is 0 Å². The highest BCUT2D eigenvalue weighted by Crippen LogP contribution is 2.06. The van der Waals surface area contributed by atoms with E-state index in [4.69, 9.17) is 0 Å². The van der Waals surface area contributed by atoms with Crippen LogP contribution >= 0.6 is 0 Å². The van der Waals surface area contributed by atoms with Gasteiger partial charge < -0.3 is 10.6 Å². The molecule has 0 bridgehead atoms. The predicted octanol–water partition coefficient (Wildman–Crippen LogP) is 0.459. The minimum absolute atomic E-state index is 0.0402. The molecular formula is C17H23N5O3. The minimum Gasteiger partial charge on any atom is -0.357 e. The highest BCUT2D eigenvalue weighted by Gasteiger charge is 2.20. The molecule has 0 saturated carbocycles. The molecule has 0 fully saturated rings. The van der Waals surface area contributed by atoms with Gasteiger partial charge in [0.25, 0.3) is 5.56 Å². The number of aryl methyl sites for hydroxylation is 1. The molecule has 25 heavy (non-hydrogen) atoms. The van der Waals surface area contributed by atoms with E-state index in [0.717, 1.165) is 0 Å². The van der Waals surface area contributed by atoms with Crippen molar-refractivity contribution in [2.75, 3.05) is 7.05 Å². The molecular weight excluding hydrogens is 322 g/mol. The maximum absolute atomic E-state index is 12.3. The lowest BCUT2D eigenvalue weighted by Crippen LogP contribution is -2.46. The van der Waals surface area contributed by atoms with Crippen LogP contribution in [0, 0.1) is 5.92 Å². The number of carbonyl (C=O) groups excluding carboxylic acids is 2. The summed E-state index contributed by atoms with van der Waals surface area (Å²) in [6.07, 6.45) is 0.583. The van der Waals surface area contributed by atoms with Crippen molar-refractivity contribution in [1.82, 2.24) is 25.6 Å². The van der Waals surface area contributed by atoms with E-state index >= 15 is 0 Å². The first kappa shape index (κ1) is 18.6. The van der Waals surface area contributed by atoms with Gasteiger partial charge in [0, 0.05) is 13.5 Å². The summed E-state index contributed by atoms with van der Waals surface area (Å²) in [7, 11) is 1.53. The van der Waals surface area contributed by atoms with Crippen LogP contribution in [0.5, 0.6) is 0 Å². The van der Waals surface area contributed by atoms with Gasteiger partial charge in [-0.3, -0.25) is 14.4 Å². The molecule has 2 rings (SSSR count). The molecule has 8 heteroatoms. The van der Waals surface area contributed by atoms with E-state index in [1.54, 1.807) is 24.3 Å². The van der Waals surface area contributed by atoms with E-state index in [1.165, 1.54) is 11.7 Å². The van der Waals surface area contributed by atoms with Crippen LogP contribution in [0.15, 0.2) is 29.1 Å². The third-order valence-electron chi connectivity index (χ3n) is 3.79. The molecule has 0 spiro atoms. The van der Waals surface area contributed by atoms with Crippen molar-refractivity contribution in [2.24, 2.45) is 5.92 Å². The number of nitrogens with zero attached hydrogens (tertiary/aromatic N) is 3. The maximum atomic E-state index is 12.3. The Bertz CT molecular complexity index is 815. The standard InChI is InChI=1S/C17H23N5O3/c1-11(2)10-14(16(24)18-3)19-15(23)8-9-22-17(25)12-6-4-5-7-13(12)20-21-22/h4-7,11,14H,8-10H2,1-3H3,(H,18,24)(H,19,23)/t14-/m0/s1. The van der Waals surface area contributed by atoms with Gasteiger partial charge >= 0.3 is 0 Å². The van der Waals surface area contributed by atoms with Crippen molar-refractivity contribution < 1.29 is 9.59 Å². The second-order valence-electron chi connectivity index (χ2n) is 6.25. The number of carbonyl (C=O) groups is 2. The van der Waals surface area contributed by atoms with Crippen LogP contribution in [0.3, 0.4) is 0 Å². The summed E-state index contributed by atoms with van der Waals surface area (Å²) < 4.78 is 1.17. The van der Waals surface area contributed by atoms with Gasteiger partial charge in [-0.05, 0) is 24.5 Å². The molecule has 1 heterocycles. The number of hydrogen-bond acceptors (Lipinski definition) is 5. The summed E-state index contributed by atoms with van der Waals surface area (Å²) in [6, 6.07) is 6.33. The zero-order valence-electron chi connectivity index (χ0n) is 14.7. The molecule has 0 saturated heterocycles. The van der Waals surface area contributed by atoms with Gasteiger partial charge in [-0.2, -0.15) is 0 Å². The van der Waals surface area contributed by atoms with Gasteiger partial charge in [0.05, 0.1) is 11.9 Å². The quantitative estimate of drug-likeness (QED) is 0.758. The monoisotopic (exact) mass is 345 g/mol. The van der Waals surface area contributed by atoms with Crippen molar-refractivity contribution >= 4 is 22.7 Å². The van der Waals surface area contributed by atoms with Crippen molar-refractivity contribution in [2.45, 2.75) is 39.3 Å². The Balaban J connectivity index is 2.03. The smallest absolute Gasteiger partial charge is 0.277 e. The fraction of sp³-hybridized carbons (Fsp3) is 0.471. The lowest BCUT2D eigenvalue weighted by molar-refractivity contribution is -0.129. The largest absolute Gasteiger partial charge is 0.357 e. The number of nitrogens with one attached hydrogen (secondary N) is 2. The van der Waals surface area contributed by atoms with Gasteiger partial charge in [0.2, 0.25) is 11.8 Å². The van der Waals surface area contributed by atoms with Crippen LogP contribution in [-0.2, 0) is 16.1 Å². The summed E-state index contributed by atoms with van der Waals surface area (Å²) in [4.78, 5) is 36.3. The molecule has 0 aliphatic carbocycles. The second kappa shape index (κ2) is 8.36. The molecule has 2 amide bonds. The Morgan fingerprint density at radius 2 is 1.96 bits per heavy atom. The van der Waals surface area contributed by atoms with E-state index in [9.17, 15) is 14.4 Å². The maximum Gasteiger partial charge on any atom is 0.277 e. The molecule has 1 aromatic heterocycles. The third-order valence-corrected chi connectivity index (χ3v) is 3.79. The highest BCUT2D eigenvalue weighted by atomic mass is 16.2. The number of aromatic nitrogens is 3. The van der Waals surface area contributed by atoms with E-state index in [-0.39, 0.29) is 36.3 Å². The molecule has 8 nitrogen and oxygen atoms in total. The molecule has 0 unspecified atom stereocenters. The number of likely N-dealkylation sites (N-methyl/N-ethyl adjacent to an activating group) is 1. The zero-order valence-corrected chi connectivity index (χ0v) is 14.7. The average Bonchev–Trinajstić information content (AvgIpc) is 2.59. The Labute approximate surface area is 145 Å². The van der Waals surface area contributed by atoms with Crippen LogP contribution < -0.4 is 16.2 Å². The van der Waals surface area contributed by atoms with Crippen molar-refractivity contribution in [3.63, 3.8) is 0 Å². The Morgan fingerprint density at radius 1 is 1.24 bits per heavy atom. The van der Waals surface area contributed by atoms with Gasteiger partial charge in [0.15, 0.2) is 0 Å². The first-order chi connectivity index (χ1) is 11.9. The molecule has 1 atom stereocenters. The molecule has 0 radical (unpaired) electrons. The molecule has 0 aliphatic rings. The van der Waals surface area contributed by atoms with Gasteiger partial charge in [-0.15, -0.1) is 5.10 Å². The Morgan fingerprint density at radius 3 is 2.64 bits per heavy atom. The van der Waals surface area contributed by atoms with E-state index < -0.39 is 6.04 Å². The number of benzene rings is 1. The summed E-state index contributed by atoms with van der Waals surface area (Å²) in [5.74, 6) is -0.280. The first-order valence-electron chi connectivity index (χ1n) is 8.26. The number of fused-ring (bicyclic) bond motifs is 1. The van der Waals surface area contributed by atoms with Gasteiger partial charge in [-0.1, -0.05) is 31.2 Å². The minimum atomic E-state index is -0.586. The van der Waals surface area contributed by atoms with Crippen molar-refractivity contribution in [1.29, 1.82) is 0 Å². The van der Waals surface area contributed by atoms with E-state index in [0.29, 0.717) is 17.3 Å². The second-order valence-corrected chi connectivity index (χ2v) is 6.25. The van der Waals surface area contributed by atoms with Crippen LogP contribution in [0.2, 0.25) is 0 Å². The van der Waals surface area contributed by atoms with Gasteiger partial charge in [0.1, 0.15) is 11.6 Å². The molecule has 1 aromatic carbocycles. The van der Waals surface area contributed by atoms with E-state index in [2.05, 4.69) is 20.9 Å². The normalized spacial score (nSPS) is 12.2. The topological polar surface area (TPSA) is 106 Å². The van der Waals surface area contributed by atoms with Crippen molar-refractivity contribution in [3.8, 4) is 0 Å².